The van der Waals surface area contributed by atoms with Gasteiger partial charge in [0.15, 0.2) is 0 Å². The van der Waals surface area contributed by atoms with Crippen LogP contribution in [0.2, 0.25) is 0 Å². The highest BCUT2D eigenvalue weighted by atomic mass is 16.3. The van der Waals surface area contributed by atoms with Gasteiger partial charge in [0.05, 0.1) is 0 Å². The second-order valence-electron chi connectivity index (χ2n) is 6.14. The highest BCUT2D eigenvalue weighted by Gasteiger charge is 2.19. The van der Waals surface area contributed by atoms with Crippen LogP contribution >= 0.6 is 0 Å². The second kappa shape index (κ2) is 6.21. The number of anilines is 1. The lowest BCUT2D eigenvalue weighted by atomic mass is 9.90. The number of benzene rings is 2. The molecule has 0 saturated carbocycles. The first kappa shape index (κ1) is 14.0. The Balaban J connectivity index is 1.55. The number of aryl methyl sites for hydroxylation is 1. The molecule has 0 spiro atoms. The van der Waals surface area contributed by atoms with Crippen LogP contribution in [0.25, 0.3) is 0 Å². The Morgan fingerprint density at radius 1 is 0.952 bits per heavy atom. The Labute approximate surface area is 127 Å². The third-order valence-corrected chi connectivity index (χ3v) is 4.47. The zero-order valence-electron chi connectivity index (χ0n) is 12.6. The van der Waals surface area contributed by atoms with E-state index in [-0.39, 0.29) is 0 Å². The lowest BCUT2D eigenvalue weighted by Gasteiger charge is -2.33. The minimum absolute atomic E-state index is 0.355. The molecule has 1 N–H and O–H groups in total. The summed E-state index contributed by atoms with van der Waals surface area (Å²) in [6, 6.07) is 16.5. The van der Waals surface area contributed by atoms with Crippen molar-refractivity contribution in [3.05, 3.63) is 59.7 Å². The van der Waals surface area contributed by atoms with E-state index in [1.54, 1.807) is 12.1 Å². The maximum absolute atomic E-state index is 9.34. The number of hydrogen-bond donors (Lipinski definition) is 1. The number of piperidine rings is 1. The third kappa shape index (κ3) is 3.57. The Morgan fingerprint density at radius 3 is 2.19 bits per heavy atom. The van der Waals surface area contributed by atoms with Crippen LogP contribution in [0.5, 0.6) is 5.75 Å². The Kier molecular flexibility index (Phi) is 4.14. The van der Waals surface area contributed by atoms with Crippen LogP contribution < -0.4 is 4.90 Å². The highest BCUT2D eigenvalue weighted by Crippen LogP contribution is 2.26. The van der Waals surface area contributed by atoms with Crippen molar-refractivity contribution in [1.82, 2.24) is 0 Å². The maximum Gasteiger partial charge on any atom is 0.115 e. The lowest BCUT2D eigenvalue weighted by Crippen LogP contribution is -2.34. The topological polar surface area (TPSA) is 23.5 Å². The van der Waals surface area contributed by atoms with Crippen molar-refractivity contribution < 1.29 is 5.11 Å². The summed E-state index contributed by atoms with van der Waals surface area (Å²) in [6.45, 7) is 4.42. The molecule has 1 fully saturated rings. The monoisotopic (exact) mass is 281 g/mol. The third-order valence-electron chi connectivity index (χ3n) is 4.47. The number of phenols is 1. The van der Waals surface area contributed by atoms with Crippen LogP contribution in [0.3, 0.4) is 0 Å². The van der Waals surface area contributed by atoms with Crippen LogP contribution in [0, 0.1) is 12.8 Å². The molecule has 0 aromatic heterocycles. The number of phenolic OH excluding ortho intramolecular Hbond substituents is 1. The first-order valence-corrected chi connectivity index (χ1v) is 7.80. The first-order chi connectivity index (χ1) is 10.2. The molecule has 0 unspecified atom stereocenters. The fourth-order valence-electron chi connectivity index (χ4n) is 3.12. The van der Waals surface area contributed by atoms with E-state index in [9.17, 15) is 5.11 Å². The van der Waals surface area contributed by atoms with Gasteiger partial charge in [-0.05, 0) is 61.9 Å². The average molecular weight is 281 g/mol. The normalized spacial score (nSPS) is 16.1. The van der Waals surface area contributed by atoms with Crippen molar-refractivity contribution in [2.45, 2.75) is 26.2 Å². The minimum atomic E-state index is 0.355. The predicted molar refractivity (Wildman–Crippen MR) is 87.9 cm³/mol. The smallest absolute Gasteiger partial charge is 0.115 e. The lowest BCUT2D eigenvalue weighted by molar-refractivity contribution is 0.403. The van der Waals surface area contributed by atoms with Crippen LogP contribution in [0.4, 0.5) is 5.69 Å². The van der Waals surface area contributed by atoms with Gasteiger partial charge >= 0.3 is 0 Å². The molecule has 3 rings (SSSR count). The molecule has 2 heteroatoms. The van der Waals surface area contributed by atoms with E-state index in [0.717, 1.165) is 25.4 Å². The van der Waals surface area contributed by atoms with Gasteiger partial charge in [0.25, 0.3) is 0 Å². The second-order valence-corrected chi connectivity index (χ2v) is 6.14. The molecule has 0 radical (unpaired) electrons. The number of nitrogens with zero attached hydrogens (tertiary/aromatic N) is 1. The molecule has 1 aliphatic heterocycles. The Hall–Kier alpha value is -1.96. The van der Waals surface area contributed by atoms with Crippen molar-refractivity contribution in [3.63, 3.8) is 0 Å². The van der Waals surface area contributed by atoms with Crippen molar-refractivity contribution in [2.24, 2.45) is 5.92 Å². The minimum Gasteiger partial charge on any atom is -0.508 e. The summed E-state index contributed by atoms with van der Waals surface area (Å²) < 4.78 is 0. The highest BCUT2D eigenvalue weighted by molar-refractivity contribution is 5.47. The van der Waals surface area contributed by atoms with E-state index in [1.807, 2.05) is 12.1 Å². The molecule has 0 bridgehead atoms. The van der Waals surface area contributed by atoms with Crippen molar-refractivity contribution >= 4 is 5.69 Å². The van der Waals surface area contributed by atoms with Crippen molar-refractivity contribution in [1.29, 1.82) is 0 Å². The van der Waals surface area contributed by atoms with Crippen molar-refractivity contribution in [3.8, 4) is 5.75 Å². The molecule has 2 nitrogen and oxygen atoms in total. The van der Waals surface area contributed by atoms with Gasteiger partial charge in [0.2, 0.25) is 0 Å². The first-order valence-electron chi connectivity index (χ1n) is 7.80. The average Bonchev–Trinajstić information content (AvgIpc) is 2.51. The molecule has 1 aliphatic rings. The molecule has 2 aromatic rings. The molecule has 21 heavy (non-hydrogen) atoms. The number of hydrogen-bond acceptors (Lipinski definition) is 2. The van der Waals surface area contributed by atoms with Gasteiger partial charge in [-0.2, -0.15) is 0 Å². The van der Waals surface area contributed by atoms with Gasteiger partial charge in [-0.25, -0.2) is 0 Å². The summed E-state index contributed by atoms with van der Waals surface area (Å²) in [7, 11) is 0. The molecule has 0 atom stereocenters. The Bertz CT molecular complexity index is 566. The predicted octanol–water partition coefficient (Wildman–Crippen LogP) is 4.16. The number of rotatable bonds is 3. The zero-order chi connectivity index (χ0) is 14.7. The van der Waals surface area contributed by atoms with Gasteiger partial charge < -0.3 is 10.0 Å². The maximum atomic E-state index is 9.34. The van der Waals surface area contributed by atoms with E-state index in [2.05, 4.69) is 36.1 Å². The molecular weight excluding hydrogens is 258 g/mol. The molecule has 0 aliphatic carbocycles. The summed E-state index contributed by atoms with van der Waals surface area (Å²) in [5.41, 5.74) is 4.01. The summed E-state index contributed by atoms with van der Waals surface area (Å²) in [6.07, 6.45) is 3.62. The largest absolute Gasteiger partial charge is 0.508 e. The molecule has 110 valence electrons. The van der Waals surface area contributed by atoms with E-state index in [4.69, 9.17) is 0 Å². The van der Waals surface area contributed by atoms with Crippen LogP contribution in [0.1, 0.15) is 24.0 Å². The summed E-state index contributed by atoms with van der Waals surface area (Å²) in [4.78, 5) is 2.49. The fraction of sp³-hybridized carbons (Fsp3) is 0.368. The number of aromatic hydroxyl groups is 1. The zero-order valence-corrected chi connectivity index (χ0v) is 12.6. The molecule has 2 aromatic carbocycles. The van der Waals surface area contributed by atoms with Gasteiger partial charge in [-0.15, -0.1) is 0 Å². The Morgan fingerprint density at radius 2 is 1.57 bits per heavy atom. The van der Waals surface area contributed by atoms with E-state index in [1.165, 1.54) is 29.7 Å². The van der Waals surface area contributed by atoms with Gasteiger partial charge in [0, 0.05) is 18.8 Å². The molecule has 1 saturated heterocycles. The summed E-state index contributed by atoms with van der Waals surface area (Å²) in [5, 5.41) is 9.34. The quantitative estimate of drug-likeness (QED) is 0.913. The van der Waals surface area contributed by atoms with Gasteiger partial charge in [-0.3, -0.25) is 0 Å². The SMILES string of the molecule is Cc1ccc(N2CCC(Cc3ccc(O)cc3)CC2)cc1. The van der Waals surface area contributed by atoms with E-state index >= 15 is 0 Å². The summed E-state index contributed by atoms with van der Waals surface area (Å²) >= 11 is 0. The van der Waals surface area contributed by atoms with Gasteiger partial charge in [-0.1, -0.05) is 29.8 Å². The summed E-state index contributed by atoms with van der Waals surface area (Å²) in [5.74, 6) is 1.11. The van der Waals surface area contributed by atoms with Crippen LogP contribution in [-0.2, 0) is 6.42 Å². The fourth-order valence-corrected chi connectivity index (χ4v) is 3.12. The van der Waals surface area contributed by atoms with E-state index in [0.29, 0.717) is 5.75 Å². The van der Waals surface area contributed by atoms with E-state index < -0.39 is 0 Å². The molecular formula is C19H23NO. The van der Waals surface area contributed by atoms with Crippen LogP contribution in [-0.4, -0.2) is 18.2 Å². The standard InChI is InChI=1S/C19H23NO/c1-15-2-6-18(7-3-15)20-12-10-17(11-13-20)14-16-4-8-19(21)9-5-16/h2-9,17,21H,10-14H2,1H3. The van der Waals surface area contributed by atoms with Crippen LogP contribution in [0.15, 0.2) is 48.5 Å². The van der Waals surface area contributed by atoms with Crippen molar-refractivity contribution in [2.75, 3.05) is 18.0 Å². The molecule has 1 heterocycles. The molecule has 0 amide bonds. The van der Waals surface area contributed by atoms with Gasteiger partial charge in [0.1, 0.15) is 5.75 Å².